The average Bonchev–Trinajstić information content (AvgIpc) is 2.82. The van der Waals surface area contributed by atoms with Crippen LogP contribution in [0, 0.1) is 0 Å². The molecule has 0 bridgehead atoms. The van der Waals surface area contributed by atoms with Crippen LogP contribution in [-0.4, -0.2) is 48.0 Å². The minimum atomic E-state index is -0.418. The highest BCUT2D eigenvalue weighted by Crippen LogP contribution is 2.46. The van der Waals surface area contributed by atoms with E-state index in [9.17, 15) is 4.79 Å². The average molecular weight is 454 g/mol. The summed E-state index contributed by atoms with van der Waals surface area (Å²) in [6.45, 7) is 2.90. The van der Waals surface area contributed by atoms with E-state index in [0.29, 0.717) is 25.8 Å². The number of nitrogens with one attached hydrogen (secondary N) is 1. The second kappa shape index (κ2) is 10.3. The van der Waals surface area contributed by atoms with Crippen molar-refractivity contribution < 1.29 is 19.0 Å². The Morgan fingerprint density at radius 2 is 2.03 bits per heavy atom. The first-order valence-corrected chi connectivity index (χ1v) is 10.9. The molecule has 0 atom stereocenters. The minimum Gasteiger partial charge on any atom is -0.466 e. The highest BCUT2D eigenvalue weighted by Gasteiger charge is 2.25. The van der Waals surface area contributed by atoms with Gasteiger partial charge in [-0.15, -0.1) is 0 Å². The molecule has 4 rings (SSSR count). The van der Waals surface area contributed by atoms with Crippen molar-refractivity contribution in [2.75, 3.05) is 37.3 Å². The van der Waals surface area contributed by atoms with Crippen molar-refractivity contribution in [3.63, 3.8) is 0 Å². The predicted molar refractivity (Wildman–Crippen MR) is 120 cm³/mol. The number of hydrogen-bond donors (Lipinski definition) is 1. The number of hydrogen-bond acceptors (Lipinski definition) is 10. The molecule has 0 saturated heterocycles. The van der Waals surface area contributed by atoms with Gasteiger partial charge in [-0.3, -0.25) is 4.90 Å². The third-order valence-electron chi connectivity index (χ3n) is 4.56. The first kappa shape index (κ1) is 21.8. The summed E-state index contributed by atoms with van der Waals surface area (Å²) in [5, 5.41) is 4.21. The molecular formula is C22H23N5O4S. The van der Waals surface area contributed by atoms with Gasteiger partial charge in [0.05, 0.1) is 24.2 Å². The van der Waals surface area contributed by atoms with E-state index in [-0.39, 0.29) is 6.61 Å². The van der Waals surface area contributed by atoms with Gasteiger partial charge in [0.2, 0.25) is 5.88 Å². The van der Waals surface area contributed by atoms with Gasteiger partial charge < -0.3 is 19.5 Å². The first-order valence-electron chi connectivity index (χ1n) is 10.0. The summed E-state index contributed by atoms with van der Waals surface area (Å²) in [4.78, 5) is 27.6. The van der Waals surface area contributed by atoms with Gasteiger partial charge >= 0.3 is 5.97 Å². The molecule has 0 aliphatic carbocycles. The monoisotopic (exact) mass is 453 g/mol. The zero-order chi connectivity index (χ0) is 22.3. The number of pyridine rings is 1. The van der Waals surface area contributed by atoms with Gasteiger partial charge in [-0.2, -0.15) is 0 Å². The number of carbonyl (C=O) groups is 1. The SMILES string of the molecule is CCOC(=O)COc1ccc(NCc2ccc3c(c2)N(COC)c2nccnc2S3)cn1. The second-order valence-electron chi connectivity index (χ2n) is 6.77. The number of anilines is 3. The number of aromatic nitrogens is 3. The zero-order valence-corrected chi connectivity index (χ0v) is 18.6. The summed E-state index contributed by atoms with van der Waals surface area (Å²) in [7, 11) is 1.66. The van der Waals surface area contributed by atoms with E-state index < -0.39 is 5.97 Å². The van der Waals surface area contributed by atoms with Gasteiger partial charge in [0.25, 0.3) is 0 Å². The largest absolute Gasteiger partial charge is 0.466 e. The molecule has 1 aliphatic heterocycles. The lowest BCUT2D eigenvalue weighted by Crippen LogP contribution is -2.24. The standard InChI is InChI=1S/C22H23N5O4S/c1-3-30-20(28)13-31-19-7-5-16(12-26-19)25-11-15-4-6-18-17(10-15)27(14-29-2)21-22(32-18)24-9-8-23-21/h4-10,12,25H,3,11,13-14H2,1-2H3. The van der Waals surface area contributed by atoms with E-state index in [1.165, 1.54) is 0 Å². The Morgan fingerprint density at radius 1 is 1.16 bits per heavy atom. The van der Waals surface area contributed by atoms with Crippen LogP contribution in [0.15, 0.2) is 58.8 Å². The van der Waals surface area contributed by atoms with Crippen LogP contribution in [0.5, 0.6) is 5.88 Å². The molecule has 1 aliphatic rings. The van der Waals surface area contributed by atoms with Crippen molar-refractivity contribution in [1.82, 2.24) is 15.0 Å². The number of fused-ring (bicyclic) bond motifs is 2. The Bertz CT molecular complexity index is 1080. The van der Waals surface area contributed by atoms with Crippen molar-refractivity contribution in [2.24, 2.45) is 0 Å². The summed E-state index contributed by atoms with van der Waals surface area (Å²) in [6.07, 6.45) is 5.05. The van der Waals surface area contributed by atoms with Crippen LogP contribution in [-0.2, 0) is 20.8 Å². The van der Waals surface area contributed by atoms with Crippen LogP contribution in [0.2, 0.25) is 0 Å². The fraction of sp³-hybridized carbons (Fsp3) is 0.273. The first-order chi connectivity index (χ1) is 15.7. The maximum absolute atomic E-state index is 11.4. The molecule has 166 valence electrons. The van der Waals surface area contributed by atoms with Gasteiger partial charge in [-0.1, -0.05) is 17.8 Å². The highest BCUT2D eigenvalue weighted by molar-refractivity contribution is 7.99. The summed E-state index contributed by atoms with van der Waals surface area (Å²) in [6, 6.07) is 9.85. The molecule has 10 heteroatoms. The Hall–Kier alpha value is -3.37. The molecule has 3 aromatic rings. The molecule has 9 nitrogen and oxygen atoms in total. The van der Waals surface area contributed by atoms with E-state index in [0.717, 1.165) is 32.7 Å². The van der Waals surface area contributed by atoms with Gasteiger partial charge in [-0.25, -0.2) is 19.7 Å². The second-order valence-corrected chi connectivity index (χ2v) is 7.80. The molecule has 32 heavy (non-hydrogen) atoms. The molecule has 1 aromatic carbocycles. The number of esters is 1. The molecule has 3 heterocycles. The van der Waals surface area contributed by atoms with Crippen LogP contribution in [0.1, 0.15) is 12.5 Å². The van der Waals surface area contributed by atoms with Crippen LogP contribution in [0.4, 0.5) is 17.2 Å². The van der Waals surface area contributed by atoms with Gasteiger partial charge in [0.1, 0.15) is 11.8 Å². The molecule has 0 saturated carbocycles. The van der Waals surface area contributed by atoms with Gasteiger partial charge in [0, 0.05) is 37.0 Å². The number of benzene rings is 1. The fourth-order valence-electron chi connectivity index (χ4n) is 3.13. The van der Waals surface area contributed by atoms with Crippen LogP contribution in [0.3, 0.4) is 0 Å². The predicted octanol–water partition coefficient (Wildman–Crippen LogP) is 3.63. The minimum absolute atomic E-state index is 0.160. The van der Waals surface area contributed by atoms with Crippen LogP contribution >= 0.6 is 11.8 Å². The van der Waals surface area contributed by atoms with E-state index in [1.54, 1.807) is 50.5 Å². The van der Waals surface area contributed by atoms with Crippen LogP contribution in [0.25, 0.3) is 0 Å². The van der Waals surface area contributed by atoms with Crippen molar-refractivity contribution >= 4 is 34.9 Å². The van der Waals surface area contributed by atoms with Gasteiger partial charge in [0.15, 0.2) is 12.4 Å². The van der Waals surface area contributed by atoms with Crippen molar-refractivity contribution in [2.45, 2.75) is 23.4 Å². The lowest BCUT2D eigenvalue weighted by atomic mass is 10.1. The number of rotatable bonds is 9. The van der Waals surface area contributed by atoms with Crippen molar-refractivity contribution in [3.8, 4) is 5.88 Å². The van der Waals surface area contributed by atoms with E-state index >= 15 is 0 Å². The lowest BCUT2D eigenvalue weighted by Gasteiger charge is -2.30. The third-order valence-corrected chi connectivity index (χ3v) is 5.60. The number of methoxy groups -OCH3 is 1. The quantitative estimate of drug-likeness (QED) is 0.484. The Morgan fingerprint density at radius 3 is 2.81 bits per heavy atom. The van der Waals surface area contributed by atoms with E-state index in [1.807, 2.05) is 11.0 Å². The molecule has 0 radical (unpaired) electrons. The summed E-state index contributed by atoms with van der Waals surface area (Å²) >= 11 is 1.60. The van der Waals surface area contributed by atoms with Gasteiger partial charge in [-0.05, 0) is 30.7 Å². The Kier molecular flexibility index (Phi) is 7.03. The smallest absolute Gasteiger partial charge is 0.344 e. The zero-order valence-electron chi connectivity index (χ0n) is 17.8. The summed E-state index contributed by atoms with van der Waals surface area (Å²) in [5.41, 5.74) is 2.97. The van der Waals surface area contributed by atoms with Crippen molar-refractivity contribution in [3.05, 3.63) is 54.5 Å². The number of nitrogens with zero attached hydrogens (tertiary/aromatic N) is 4. The topological polar surface area (TPSA) is 98.7 Å². The Balaban J connectivity index is 1.41. The highest BCUT2D eigenvalue weighted by atomic mass is 32.2. The molecule has 0 amide bonds. The molecule has 0 unspecified atom stereocenters. The number of carbonyl (C=O) groups excluding carboxylic acids is 1. The van der Waals surface area contributed by atoms with Crippen molar-refractivity contribution in [1.29, 1.82) is 0 Å². The van der Waals surface area contributed by atoms with E-state index in [2.05, 4.69) is 38.5 Å². The summed E-state index contributed by atoms with van der Waals surface area (Å²) in [5.74, 6) is 0.738. The fourth-order valence-corrected chi connectivity index (χ4v) is 4.12. The normalized spacial score (nSPS) is 12.0. The molecule has 1 N–H and O–H groups in total. The molecule has 0 spiro atoms. The maximum Gasteiger partial charge on any atom is 0.344 e. The lowest BCUT2D eigenvalue weighted by molar-refractivity contribution is -0.145. The maximum atomic E-state index is 11.4. The molecule has 2 aromatic heterocycles. The van der Waals surface area contributed by atoms with Crippen LogP contribution < -0.4 is 15.0 Å². The number of ether oxygens (including phenoxy) is 3. The molecular weight excluding hydrogens is 430 g/mol. The van der Waals surface area contributed by atoms with E-state index in [4.69, 9.17) is 14.2 Å². The summed E-state index contributed by atoms with van der Waals surface area (Å²) < 4.78 is 15.6. The molecule has 0 fully saturated rings. The third kappa shape index (κ3) is 5.09. The Labute approximate surface area is 190 Å².